The van der Waals surface area contributed by atoms with E-state index in [0.29, 0.717) is 12.1 Å². The van der Waals surface area contributed by atoms with Crippen LogP contribution in [0.25, 0.3) is 0 Å². The largest absolute Gasteiger partial charge is 0.378 e. The minimum Gasteiger partial charge on any atom is -0.378 e. The Labute approximate surface area is 102 Å². The number of ether oxygens (including phenoxy) is 1. The number of hydrogen-bond acceptors (Lipinski definition) is 3. The van der Waals surface area contributed by atoms with E-state index in [1.807, 2.05) is 11.3 Å². The average Bonchev–Trinajstić information content (AvgIpc) is 2.49. The van der Waals surface area contributed by atoms with Crippen molar-refractivity contribution in [2.24, 2.45) is 0 Å². The smallest absolute Gasteiger partial charge is 0.0604 e. The second-order valence-electron chi connectivity index (χ2n) is 4.57. The Morgan fingerprint density at radius 1 is 1.44 bits per heavy atom. The minimum absolute atomic E-state index is 0.507. The molecular formula is C13H21NOS. The molecule has 1 aromatic heterocycles. The number of thiophene rings is 1. The molecule has 3 heteroatoms. The van der Waals surface area contributed by atoms with E-state index in [9.17, 15) is 0 Å². The van der Waals surface area contributed by atoms with Crippen LogP contribution in [0.5, 0.6) is 0 Å². The fourth-order valence-electron chi connectivity index (χ4n) is 2.22. The van der Waals surface area contributed by atoms with Gasteiger partial charge in [-0.1, -0.05) is 0 Å². The zero-order valence-corrected chi connectivity index (χ0v) is 11.2. The van der Waals surface area contributed by atoms with Crippen molar-refractivity contribution >= 4 is 11.3 Å². The van der Waals surface area contributed by atoms with E-state index in [1.165, 1.54) is 28.2 Å². The van der Waals surface area contributed by atoms with Gasteiger partial charge < -0.3 is 10.1 Å². The van der Waals surface area contributed by atoms with Crippen molar-refractivity contribution in [2.45, 2.75) is 52.3 Å². The zero-order valence-electron chi connectivity index (χ0n) is 10.4. The van der Waals surface area contributed by atoms with Crippen molar-refractivity contribution in [1.29, 1.82) is 0 Å². The molecule has 0 radical (unpaired) electrons. The van der Waals surface area contributed by atoms with E-state index in [-0.39, 0.29) is 0 Å². The normalized spacial score (nSPS) is 24.4. The number of aryl methyl sites for hydroxylation is 2. The van der Waals surface area contributed by atoms with Gasteiger partial charge in [0.15, 0.2) is 0 Å². The van der Waals surface area contributed by atoms with Crippen LogP contribution in [0.3, 0.4) is 0 Å². The second-order valence-corrected chi connectivity index (χ2v) is 6.03. The van der Waals surface area contributed by atoms with Crippen LogP contribution in [-0.2, 0) is 11.3 Å². The third-order valence-corrected chi connectivity index (χ3v) is 4.23. The van der Waals surface area contributed by atoms with E-state index in [1.54, 1.807) is 0 Å². The van der Waals surface area contributed by atoms with Gasteiger partial charge in [-0.3, -0.25) is 0 Å². The highest BCUT2D eigenvalue weighted by molar-refractivity contribution is 7.12. The summed E-state index contributed by atoms with van der Waals surface area (Å²) < 4.78 is 5.55. The molecule has 16 heavy (non-hydrogen) atoms. The molecule has 0 atom stereocenters. The molecule has 2 nitrogen and oxygen atoms in total. The summed E-state index contributed by atoms with van der Waals surface area (Å²) >= 11 is 1.89. The molecule has 0 amide bonds. The molecule has 0 aliphatic heterocycles. The van der Waals surface area contributed by atoms with Crippen LogP contribution in [0.1, 0.15) is 35.1 Å². The molecule has 1 heterocycles. The highest BCUT2D eigenvalue weighted by Crippen LogP contribution is 2.25. The predicted molar refractivity (Wildman–Crippen MR) is 69.1 cm³/mol. The molecule has 1 fully saturated rings. The van der Waals surface area contributed by atoms with Crippen LogP contribution < -0.4 is 5.32 Å². The van der Waals surface area contributed by atoms with Crippen LogP contribution in [0, 0.1) is 13.8 Å². The van der Waals surface area contributed by atoms with E-state index in [0.717, 1.165) is 13.2 Å². The summed E-state index contributed by atoms with van der Waals surface area (Å²) in [5.41, 5.74) is 1.46. The molecule has 90 valence electrons. The monoisotopic (exact) mass is 239 g/mol. The molecule has 1 N–H and O–H groups in total. The molecule has 1 aliphatic rings. The van der Waals surface area contributed by atoms with Crippen LogP contribution in [-0.4, -0.2) is 18.8 Å². The fraction of sp³-hybridized carbons (Fsp3) is 0.692. The van der Waals surface area contributed by atoms with E-state index in [4.69, 9.17) is 4.74 Å². The Morgan fingerprint density at radius 3 is 2.75 bits per heavy atom. The first-order chi connectivity index (χ1) is 7.69. The maximum absolute atomic E-state index is 5.55. The van der Waals surface area contributed by atoms with Gasteiger partial charge in [-0.2, -0.15) is 0 Å². The average molecular weight is 239 g/mol. The third kappa shape index (κ3) is 2.84. The van der Waals surface area contributed by atoms with Gasteiger partial charge in [0.1, 0.15) is 0 Å². The second kappa shape index (κ2) is 5.30. The van der Waals surface area contributed by atoms with Gasteiger partial charge in [-0.25, -0.2) is 0 Å². The first kappa shape index (κ1) is 12.1. The summed E-state index contributed by atoms with van der Waals surface area (Å²) in [6.45, 7) is 8.31. The van der Waals surface area contributed by atoms with Crippen LogP contribution >= 0.6 is 11.3 Å². The van der Waals surface area contributed by atoms with Crippen LogP contribution in [0.2, 0.25) is 0 Å². The van der Waals surface area contributed by atoms with Crippen molar-refractivity contribution in [3.63, 3.8) is 0 Å². The van der Waals surface area contributed by atoms with Gasteiger partial charge in [0.2, 0.25) is 0 Å². The highest BCUT2D eigenvalue weighted by atomic mass is 32.1. The van der Waals surface area contributed by atoms with Gasteiger partial charge in [0, 0.05) is 28.9 Å². The minimum atomic E-state index is 0.507. The standard InChI is InChI=1S/C13H21NOS/c1-4-15-13-6-12(7-13)14-8-11-5-9(2)16-10(11)3/h5,12-14H,4,6-8H2,1-3H3. The lowest BCUT2D eigenvalue weighted by Crippen LogP contribution is -2.45. The van der Waals surface area contributed by atoms with Crippen molar-refractivity contribution in [3.8, 4) is 0 Å². The van der Waals surface area contributed by atoms with Gasteiger partial charge >= 0.3 is 0 Å². The lowest BCUT2D eigenvalue weighted by atomic mass is 9.89. The van der Waals surface area contributed by atoms with Crippen molar-refractivity contribution < 1.29 is 4.74 Å². The summed E-state index contributed by atoms with van der Waals surface area (Å²) in [5.74, 6) is 0. The maximum atomic E-state index is 5.55. The molecule has 1 aromatic rings. The van der Waals surface area contributed by atoms with E-state index in [2.05, 4.69) is 32.2 Å². The van der Waals surface area contributed by atoms with E-state index < -0.39 is 0 Å². The topological polar surface area (TPSA) is 21.3 Å². The third-order valence-electron chi connectivity index (χ3n) is 3.22. The van der Waals surface area contributed by atoms with Gasteiger partial charge in [-0.15, -0.1) is 11.3 Å². The Kier molecular flexibility index (Phi) is 4.00. The molecule has 0 unspecified atom stereocenters. The number of nitrogens with one attached hydrogen (secondary N) is 1. The summed E-state index contributed by atoms with van der Waals surface area (Å²) in [6.07, 6.45) is 2.86. The predicted octanol–water partition coefficient (Wildman–Crippen LogP) is 3.02. The quantitative estimate of drug-likeness (QED) is 0.853. The molecular weight excluding hydrogens is 218 g/mol. The Morgan fingerprint density at radius 2 is 2.19 bits per heavy atom. The first-order valence-electron chi connectivity index (χ1n) is 6.10. The van der Waals surface area contributed by atoms with Crippen LogP contribution in [0.4, 0.5) is 0 Å². The summed E-state index contributed by atoms with van der Waals surface area (Å²) in [6, 6.07) is 2.96. The Bertz CT molecular complexity index is 342. The first-order valence-corrected chi connectivity index (χ1v) is 6.91. The van der Waals surface area contributed by atoms with Gasteiger partial charge in [0.05, 0.1) is 6.10 Å². The van der Waals surface area contributed by atoms with Crippen molar-refractivity contribution in [3.05, 3.63) is 21.4 Å². The van der Waals surface area contributed by atoms with Gasteiger partial charge in [0.25, 0.3) is 0 Å². The molecule has 0 bridgehead atoms. The summed E-state index contributed by atoms with van der Waals surface area (Å²) in [5, 5.41) is 3.60. The summed E-state index contributed by atoms with van der Waals surface area (Å²) in [7, 11) is 0. The number of hydrogen-bond donors (Lipinski definition) is 1. The maximum Gasteiger partial charge on any atom is 0.0604 e. The fourth-order valence-corrected chi connectivity index (χ4v) is 3.16. The van der Waals surface area contributed by atoms with Crippen molar-refractivity contribution in [1.82, 2.24) is 5.32 Å². The molecule has 0 aromatic carbocycles. The lowest BCUT2D eigenvalue weighted by molar-refractivity contribution is -0.0102. The zero-order chi connectivity index (χ0) is 11.5. The Hall–Kier alpha value is -0.380. The van der Waals surface area contributed by atoms with Crippen LogP contribution in [0.15, 0.2) is 6.07 Å². The molecule has 1 saturated carbocycles. The molecule has 0 saturated heterocycles. The molecule has 2 rings (SSSR count). The van der Waals surface area contributed by atoms with Gasteiger partial charge in [-0.05, 0) is 45.2 Å². The van der Waals surface area contributed by atoms with Crippen molar-refractivity contribution in [2.75, 3.05) is 6.61 Å². The molecule has 1 aliphatic carbocycles. The molecule has 0 spiro atoms. The lowest BCUT2D eigenvalue weighted by Gasteiger charge is -2.35. The summed E-state index contributed by atoms with van der Waals surface area (Å²) in [4.78, 5) is 2.86. The SMILES string of the molecule is CCOC1CC(NCc2cc(C)sc2C)C1. The highest BCUT2D eigenvalue weighted by Gasteiger charge is 2.28. The Balaban J connectivity index is 1.71. The van der Waals surface area contributed by atoms with E-state index >= 15 is 0 Å². The number of rotatable bonds is 5.